The number of aromatic nitrogens is 1. The van der Waals surface area contributed by atoms with Gasteiger partial charge in [-0.15, -0.1) is 11.6 Å². The van der Waals surface area contributed by atoms with Crippen LogP contribution in [0.4, 0.5) is 0 Å². The van der Waals surface area contributed by atoms with Crippen LogP contribution in [-0.4, -0.2) is 17.4 Å². The molecule has 2 nitrogen and oxygen atoms in total. The molecule has 2 unspecified atom stereocenters. The van der Waals surface area contributed by atoms with E-state index in [4.69, 9.17) is 11.6 Å². The van der Waals surface area contributed by atoms with E-state index in [1.165, 1.54) is 31.2 Å². The van der Waals surface area contributed by atoms with Gasteiger partial charge in [0.2, 0.25) is 0 Å². The highest BCUT2D eigenvalue weighted by atomic mass is 35.5. The van der Waals surface area contributed by atoms with Crippen LogP contribution in [-0.2, 0) is 6.54 Å². The maximum atomic E-state index is 6.03. The third-order valence-corrected chi connectivity index (χ3v) is 4.12. The van der Waals surface area contributed by atoms with Gasteiger partial charge in [-0.1, -0.05) is 18.9 Å². The molecule has 0 bridgehead atoms. The van der Waals surface area contributed by atoms with Gasteiger partial charge < -0.3 is 5.32 Å². The zero-order valence-electron chi connectivity index (χ0n) is 10.2. The molecular weight excluding hydrogens is 232 g/mol. The molecule has 1 aliphatic rings. The third kappa shape index (κ3) is 3.97. The van der Waals surface area contributed by atoms with Crippen LogP contribution in [0.15, 0.2) is 24.5 Å². The monoisotopic (exact) mass is 252 g/mol. The molecule has 1 aliphatic carbocycles. The van der Waals surface area contributed by atoms with Crippen molar-refractivity contribution in [2.45, 2.75) is 32.2 Å². The molecule has 1 heterocycles. The molecule has 94 valence electrons. The molecule has 1 aromatic heterocycles. The number of alkyl halides is 1. The number of rotatable bonds is 5. The molecule has 1 N–H and O–H groups in total. The summed E-state index contributed by atoms with van der Waals surface area (Å²) in [6.45, 7) is 2.01. The number of hydrogen-bond acceptors (Lipinski definition) is 2. The van der Waals surface area contributed by atoms with E-state index >= 15 is 0 Å². The van der Waals surface area contributed by atoms with Crippen LogP contribution >= 0.6 is 11.6 Å². The number of nitrogens with zero attached hydrogens (tertiary/aromatic N) is 1. The molecule has 0 amide bonds. The van der Waals surface area contributed by atoms with Gasteiger partial charge in [-0.2, -0.15) is 0 Å². The van der Waals surface area contributed by atoms with Gasteiger partial charge in [0.05, 0.1) is 0 Å². The second-order valence-electron chi connectivity index (χ2n) is 4.95. The Morgan fingerprint density at radius 2 is 2.12 bits per heavy atom. The van der Waals surface area contributed by atoms with Crippen LogP contribution in [0.25, 0.3) is 0 Å². The fraction of sp³-hybridized carbons (Fsp3) is 0.643. The van der Waals surface area contributed by atoms with Gasteiger partial charge in [-0.3, -0.25) is 4.98 Å². The van der Waals surface area contributed by atoms with Gasteiger partial charge in [-0.05, 0) is 42.9 Å². The first-order valence-corrected chi connectivity index (χ1v) is 7.09. The first-order chi connectivity index (χ1) is 8.40. The third-order valence-electron chi connectivity index (χ3n) is 3.72. The Kier molecular flexibility index (Phi) is 5.27. The second-order valence-corrected chi connectivity index (χ2v) is 5.26. The SMILES string of the molecule is ClCC1CCCCC1CNCc1cccnc1. The lowest BCUT2D eigenvalue weighted by Crippen LogP contribution is -2.31. The van der Waals surface area contributed by atoms with E-state index < -0.39 is 0 Å². The first kappa shape index (κ1) is 12.8. The molecular formula is C14H21ClN2. The maximum absolute atomic E-state index is 6.03. The zero-order valence-corrected chi connectivity index (χ0v) is 11.0. The number of hydrogen-bond donors (Lipinski definition) is 1. The summed E-state index contributed by atoms with van der Waals surface area (Å²) in [5.41, 5.74) is 1.26. The normalized spacial score (nSPS) is 24.8. The molecule has 1 aromatic rings. The van der Waals surface area contributed by atoms with Crippen molar-refractivity contribution < 1.29 is 0 Å². The average Bonchev–Trinajstić information content (AvgIpc) is 2.40. The predicted molar refractivity (Wildman–Crippen MR) is 72.1 cm³/mol. The average molecular weight is 253 g/mol. The van der Waals surface area contributed by atoms with Crippen LogP contribution < -0.4 is 5.32 Å². The van der Waals surface area contributed by atoms with Crippen LogP contribution in [0.5, 0.6) is 0 Å². The van der Waals surface area contributed by atoms with Crippen LogP contribution in [0.2, 0.25) is 0 Å². The lowest BCUT2D eigenvalue weighted by atomic mass is 9.80. The lowest BCUT2D eigenvalue weighted by molar-refractivity contribution is 0.250. The number of halogens is 1. The van der Waals surface area contributed by atoms with Gasteiger partial charge in [0, 0.05) is 24.8 Å². The predicted octanol–water partition coefficient (Wildman–Crippen LogP) is 3.22. The highest BCUT2D eigenvalue weighted by Crippen LogP contribution is 2.30. The molecule has 2 atom stereocenters. The molecule has 0 aromatic carbocycles. The Hall–Kier alpha value is -0.600. The summed E-state index contributed by atoms with van der Waals surface area (Å²) >= 11 is 6.03. The van der Waals surface area contributed by atoms with E-state index in [2.05, 4.69) is 16.4 Å². The summed E-state index contributed by atoms with van der Waals surface area (Å²) in [6, 6.07) is 4.10. The van der Waals surface area contributed by atoms with Crippen molar-refractivity contribution in [3.05, 3.63) is 30.1 Å². The summed E-state index contributed by atoms with van der Waals surface area (Å²) in [4.78, 5) is 4.12. The number of pyridine rings is 1. The lowest BCUT2D eigenvalue weighted by Gasteiger charge is -2.30. The summed E-state index contributed by atoms with van der Waals surface area (Å²) in [5.74, 6) is 2.30. The van der Waals surface area contributed by atoms with Gasteiger partial charge in [0.25, 0.3) is 0 Å². The van der Waals surface area contributed by atoms with E-state index in [0.717, 1.165) is 24.9 Å². The fourth-order valence-electron chi connectivity index (χ4n) is 2.66. The summed E-state index contributed by atoms with van der Waals surface area (Å²) in [6.07, 6.45) is 9.10. The summed E-state index contributed by atoms with van der Waals surface area (Å²) in [7, 11) is 0. The molecule has 0 spiro atoms. The first-order valence-electron chi connectivity index (χ1n) is 6.55. The van der Waals surface area contributed by atoms with Gasteiger partial charge in [0.1, 0.15) is 0 Å². The van der Waals surface area contributed by atoms with Gasteiger partial charge in [0.15, 0.2) is 0 Å². The molecule has 2 rings (SSSR count). The van der Waals surface area contributed by atoms with Gasteiger partial charge in [-0.25, -0.2) is 0 Å². The molecule has 1 saturated carbocycles. The standard InChI is InChI=1S/C14H21ClN2/c15-8-13-5-1-2-6-14(13)11-17-10-12-4-3-7-16-9-12/h3-4,7,9,13-14,17H,1-2,5-6,8,10-11H2. The molecule has 0 saturated heterocycles. The Labute approximate surface area is 109 Å². The van der Waals surface area contributed by atoms with Crippen LogP contribution in [0.3, 0.4) is 0 Å². The van der Waals surface area contributed by atoms with Crippen molar-refractivity contribution in [1.82, 2.24) is 10.3 Å². The van der Waals surface area contributed by atoms with Crippen LogP contribution in [0, 0.1) is 11.8 Å². The quantitative estimate of drug-likeness (QED) is 0.814. The van der Waals surface area contributed by atoms with Crippen molar-refractivity contribution in [2.75, 3.05) is 12.4 Å². The second kappa shape index (κ2) is 6.97. The minimum atomic E-state index is 0.715. The molecule has 17 heavy (non-hydrogen) atoms. The van der Waals surface area contributed by atoms with Crippen molar-refractivity contribution in [2.24, 2.45) is 11.8 Å². The van der Waals surface area contributed by atoms with E-state index in [-0.39, 0.29) is 0 Å². The number of nitrogens with one attached hydrogen (secondary N) is 1. The Balaban J connectivity index is 1.74. The zero-order chi connectivity index (χ0) is 11.9. The highest BCUT2D eigenvalue weighted by Gasteiger charge is 2.23. The highest BCUT2D eigenvalue weighted by molar-refractivity contribution is 6.18. The van der Waals surface area contributed by atoms with Crippen molar-refractivity contribution in [1.29, 1.82) is 0 Å². The summed E-state index contributed by atoms with van der Waals surface area (Å²) < 4.78 is 0. The molecule has 3 heteroatoms. The molecule has 0 aliphatic heterocycles. The minimum Gasteiger partial charge on any atom is -0.312 e. The largest absolute Gasteiger partial charge is 0.312 e. The smallest absolute Gasteiger partial charge is 0.0312 e. The summed E-state index contributed by atoms with van der Waals surface area (Å²) in [5, 5.41) is 3.54. The van der Waals surface area contributed by atoms with Crippen molar-refractivity contribution in [3.63, 3.8) is 0 Å². The molecule has 0 radical (unpaired) electrons. The van der Waals surface area contributed by atoms with E-state index in [1.54, 1.807) is 0 Å². The van der Waals surface area contributed by atoms with E-state index in [1.807, 2.05) is 18.5 Å². The van der Waals surface area contributed by atoms with Crippen molar-refractivity contribution >= 4 is 11.6 Å². The maximum Gasteiger partial charge on any atom is 0.0312 e. The Morgan fingerprint density at radius 3 is 2.82 bits per heavy atom. The minimum absolute atomic E-state index is 0.715. The van der Waals surface area contributed by atoms with E-state index in [0.29, 0.717) is 5.92 Å². The van der Waals surface area contributed by atoms with E-state index in [9.17, 15) is 0 Å². The molecule has 1 fully saturated rings. The topological polar surface area (TPSA) is 24.9 Å². The van der Waals surface area contributed by atoms with Crippen LogP contribution in [0.1, 0.15) is 31.2 Å². The van der Waals surface area contributed by atoms with Crippen molar-refractivity contribution in [3.8, 4) is 0 Å². The fourth-order valence-corrected chi connectivity index (χ4v) is 3.07. The Bertz CT molecular complexity index is 315. The van der Waals surface area contributed by atoms with Gasteiger partial charge >= 0.3 is 0 Å². The Morgan fingerprint density at radius 1 is 1.29 bits per heavy atom.